The van der Waals surface area contributed by atoms with E-state index in [0.717, 1.165) is 23.4 Å². The minimum Gasteiger partial charge on any atom is -0.391 e. The van der Waals surface area contributed by atoms with E-state index in [0.29, 0.717) is 13.0 Å². The fourth-order valence-electron chi connectivity index (χ4n) is 3.20. The first-order chi connectivity index (χ1) is 12.7. The van der Waals surface area contributed by atoms with Crippen molar-refractivity contribution in [2.24, 2.45) is 0 Å². The summed E-state index contributed by atoms with van der Waals surface area (Å²) in [5, 5.41) is 13.0. The summed E-state index contributed by atoms with van der Waals surface area (Å²) >= 11 is 0. The first-order valence-corrected chi connectivity index (χ1v) is 8.54. The number of carbonyl (C=O) groups is 1. The van der Waals surface area contributed by atoms with Gasteiger partial charge in [-0.15, -0.1) is 0 Å². The number of aliphatic hydroxyl groups is 1. The van der Waals surface area contributed by atoms with Crippen LogP contribution >= 0.6 is 0 Å². The molecule has 154 valence electrons. The molecule has 2 aromatic heterocycles. The standard InChI is InChI=1S/C17H19F3N4O3.CH4/c1-9-5-13(17(18,19)20)23-15-14(9)22-8-24(16(15)27)7-10(25)6-11-12(26)3-2-4-21-11;/h5,8,11-12,21,26H,2-4,6-7H2,1H3;1H4/t11-,12+;/m1./s1. The van der Waals surface area contributed by atoms with Crippen molar-refractivity contribution in [3.63, 3.8) is 0 Å². The lowest BCUT2D eigenvalue weighted by Crippen LogP contribution is -2.46. The van der Waals surface area contributed by atoms with Gasteiger partial charge in [0.15, 0.2) is 11.3 Å². The van der Waals surface area contributed by atoms with Gasteiger partial charge in [-0.2, -0.15) is 13.2 Å². The Labute approximate surface area is 159 Å². The maximum atomic E-state index is 13.0. The second-order valence-electron chi connectivity index (χ2n) is 6.71. The highest BCUT2D eigenvalue weighted by molar-refractivity contribution is 5.80. The first-order valence-electron chi connectivity index (χ1n) is 8.54. The number of nitrogens with zero attached hydrogens (tertiary/aromatic N) is 3. The van der Waals surface area contributed by atoms with E-state index in [1.54, 1.807) is 0 Å². The van der Waals surface area contributed by atoms with Crippen LogP contribution in [-0.2, 0) is 17.5 Å². The predicted molar refractivity (Wildman–Crippen MR) is 96.9 cm³/mol. The van der Waals surface area contributed by atoms with Crippen LogP contribution in [0.25, 0.3) is 11.0 Å². The number of aromatic nitrogens is 3. The van der Waals surface area contributed by atoms with Crippen molar-refractivity contribution in [2.75, 3.05) is 6.54 Å². The van der Waals surface area contributed by atoms with Crippen molar-refractivity contribution < 1.29 is 23.1 Å². The minimum atomic E-state index is -4.69. The fourth-order valence-corrected chi connectivity index (χ4v) is 3.20. The molecule has 10 heteroatoms. The number of carbonyl (C=O) groups excluding carboxylic acids is 1. The number of ketones is 1. The number of nitrogens with one attached hydrogen (secondary N) is 1. The molecule has 0 spiro atoms. The Morgan fingerprint density at radius 3 is 2.75 bits per heavy atom. The molecule has 3 heterocycles. The predicted octanol–water partition coefficient (Wildman–Crippen LogP) is 1.83. The number of aliphatic hydroxyl groups excluding tert-OH is 1. The monoisotopic (exact) mass is 400 g/mol. The quantitative estimate of drug-likeness (QED) is 0.813. The van der Waals surface area contributed by atoms with Crippen LogP contribution in [0.5, 0.6) is 0 Å². The molecule has 0 aliphatic carbocycles. The topological polar surface area (TPSA) is 97.1 Å². The minimum absolute atomic E-state index is 0. The zero-order chi connectivity index (χ0) is 19.8. The Balaban J connectivity index is 0.00000280. The molecule has 0 saturated carbocycles. The van der Waals surface area contributed by atoms with Crippen molar-refractivity contribution in [1.82, 2.24) is 19.9 Å². The van der Waals surface area contributed by atoms with Gasteiger partial charge in [-0.3, -0.25) is 14.2 Å². The summed E-state index contributed by atoms with van der Waals surface area (Å²) in [5.41, 5.74) is -2.16. The van der Waals surface area contributed by atoms with Crippen molar-refractivity contribution in [3.05, 3.63) is 34.0 Å². The maximum absolute atomic E-state index is 13.0. The van der Waals surface area contributed by atoms with Crippen LogP contribution in [0.15, 0.2) is 17.2 Å². The lowest BCUT2D eigenvalue weighted by Gasteiger charge is -2.28. The second kappa shape index (κ2) is 8.36. The largest absolute Gasteiger partial charge is 0.433 e. The van der Waals surface area contributed by atoms with E-state index in [4.69, 9.17) is 0 Å². The fraction of sp³-hybridized carbons (Fsp3) is 0.556. The summed E-state index contributed by atoms with van der Waals surface area (Å²) < 4.78 is 39.8. The highest BCUT2D eigenvalue weighted by atomic mass is 19.4. The number of halogens is 3. The molecule has 3 rings (SSSR count). The Morgan fingerprint density at radius 1 is 1.39 bits per heavy atom. The van der Waals surface area contributed by atoms with Gasteiger partial charge in [-0.05, 0) is 37.9 Å². The number of hydrogen-bond donors (Lipinski definition) is 2. The third-order valence-electron chi connectivity index (χ3n) is 4.61. The molecule has 2 aromatic rings. The van der Waals surface area contributed by atoms with Crippen LogP contribution in [0.2, 0.25) is 0 Å². The lowest BCUT2D eigenvalue weighted by atomic mass is 9.97. The van der Waals surface area contributed by atoms with E-state index < -0.39 is 35.1 Å². The summed E-state index contributed by atoms with van der Waals surface area (Å²) in [4.78, 5) is 32.2. The molecule has 0 unspecified atom stereocenters. The molecule has 1 aliphatic rings. The van der Waals surface area contributed by atoms with E-state index >= 15 is 0 Å². The molecule has 2 N–H and O–H groups in total. The first kappa shape index (κ1) is 22.0. The Hall–Kier alpha value is -2.33. The molecule has 28 heavy (non-hydrogen) atoms. The number of Topliss-reactive ketones (excluding diaryl/α,β-unsaturated/α-hetero) is 1. The van der Waals surface area contributed by atoms with E-state index in [-0.39, 0.29) is 37.3 Å². The normalized spacial score (nSPS) is 20.0. The summed E-state index contributed by atoms with van der Waals surface area (Å²) in [6, 6.07) is 0.438. The lowest BCUT2D eigenvalue weighted by molar-refractivity contribution is -0.141. The smallest absolute Gasteiger partial charge is 0.391 e. The van der Waals surface area contributed by atoms with Gasteiger partial charge in [0, 0.05) is 12.5 Å². The summed E-state index contributed by atoms with van der Waals surface area (Å²) in [7, 11) is 0. The molecule has 1 fully saturated rings. The number of aryl methyl sites for hydroxylation is 1. The third-order valence-corrected chi connectivity index (χ3v) is 4.61. The van der Waals surface area contributed by atoms with Gasteiger partial charge in [0.25, 0.3) is 5.56 Å². The van der Waals surface area contributed by atoms with Crippen LogP contribution in [0, 0.1) is 6.92 Å². The number of rotatable bonds is 4. The molecular formula is C18H23F3N4O3. The van der Waals surface area contributed by atoms with Crippen LogP contribution < -0.4 is 10.9 Å². The van der Waals surface area contributed by atoms with Crippen molar-refractivity contribution >= 4 is 16.8 Å². The highest BCUT2D eigenvalue weighted by Crippen LogP contribution is 2.29. The Kier molecular flexibility index (Phi) is 6.56. The molecule has 7 nitrogen and oxygen atoms in total. The third kappa shape index (κ3) is 4.56. The number of pyridine rings is 1. The molecule has 0 bridgehead atoms. The Morgan fingerprint density at radius 2 is 2.11 bits per heavy atom. The molecule has 0 radical (unpaired) electrons. The van der Waals surface area contributed by atoms with Gasteiger partial charge in [-0.25, -0.2) is 9.97 Å². The van der Waals surface area contributed by atoms with Crippen molar-refractivity contribution in [1.29, 1.82) is 0 Å². The van der Waals surface area contributed by atoms with Crippen LogP contribution in [0.3, 0.4) is 0 Å². The molecule has 1 saturated heterocycles. The number of fused-ring (bicyclic) bond motifs is 1. The van der Waals surface area contributed by atoms with Gasteiger partial charge in [0.05, 0.1) is 24.5 Å². The van der Waals surface area contributed by atoms with Crippen LogP contribution in [-0.4, -0.2) is 44.1 Å². The highest BCUT2D eigenvalue weighted by Gasteiger charge is 2.33. The number of alkyl halides is 3. The van der Waals surface area contributed by atoms with Crippen molar-refractivity contribution in [2.45, 2.75) is 58.5 Å². The average Bonchev–Trinajstić information content (AvgIpc) is 2.59. The average molecular weight is 400 g/mol. The maximum Gasteiger partial charge on any atom is 0.433 e. The summed E-state index contributed by atoms with van der Waals surface area (Å²) in [6.07, 6.45) is -2.79. The van der Waals surface area contributed by atoms with Crippen LogP contribution in [0.1, 0.15) is 37.9 Å². The van der Waals surface area contributed by atoms with E-state index in [2.05, 4.69) is 15.3 Å². The molecule has 1 aliphatic heterocycles. The number of hydrogen-bond acceptors (Lipinski definition) is 6. The van der Waals surface area contributed by atoms with Gasteiger partial charge < -0.3 is 10.4 Å². The van der Waals surface area contributed by atoms with E-state index in [1.807, 2.05) is 0 Å². The van der Waals surface area contributed by atoms with E-state index in [1.165, 1.54) is 6.92 Å². The van der Waals surface area contributed by atoms with Gasteiger partial charge in [-0.1, -0.05) is 7.43 Å². The van der Waals surface area contributed by atoms with Gasteiger partial charge >= 0.3 is 6.18 Å². The van der Waals surface area contributed by atoms with Crippen LogP contribution in [0.4, 0.5) is 13.2 Å². The SMILES string of the molecule is C.Cc1cc(C(F)(F)F)nc2c(=O)n(CC(=O)C[C@H]3NCCC[C@@H]3O)cnc12. The van der Waals surface area contributed by atoms with Gasteiger partial charge in [0.1, 0.15) is 5.69 Å². The molecule has 2 atom stereocenters. The zero-order valence-electron chi connectivity index (χ0n) is 14.6. The molecule has 0 amide bonds. The summed E-state index contributed by atoms with van der Waals surface area (Å²) in [5.74, 6) is -0.333. The molecular weight excluding hydrogens is 377 g/mol. The Bertz CT molecular complexity index is 927. The second-order valence-corrected chi connectivity index (χ2v) is 6.71. The van der Waals surface area contributed by atoms with Gasteiger partial charge in [0.2, 0.25) is 0 Å². The van der Waals surface area contributed by atoms with Crippen molar-refractivity contribution in [3.8, 4) is 0 Å². The zero-order valence-corrected chi connectivity index (χ0v) is 14.6. The van der Waals surface area contributed by atoms with E-state index in [9.17, 15) is 27.9 Å². The molecule has 0 aromatic carbocycles. The summed E-state index contributed by atoms with van der Waals surface area (Å²) in [6.45, 7) is 1.76. The number of piperidine rings is 1.